The molecule has 0 aromatic heterocycles. The highest BCUT2D eigenvalue weighted by molar-refractivity contribution is 7.91. The van der Waals surface area contributed by atoms with Gasteiger partial charge in [0.2, 0.25) is 15.7 Å². The summed E-state index contributed by atoms with van der Waals surface area (Å²) in [5.41, 5.74) is 0.113. The number of carbonyl (C=O) groups excluding carboxylic acids is 3. The molecule has 3 rings (SSSR count). The number of nitrogens with zero attached hydrogens (tertiary/aromatic N) is 1. The van der Waals surface area contributed by atoms with Crippen molar-refractivity contribution in [2.24, 2.45) is 0 Å². The SMILES string of the molecule is O=CC[C@H](NC(=O)c1ccc(S(=O)(=O)c2ccccc2)cc1)C(=O)N1CCS(=O)(=O)CC1. The van der Waals surface area contributed by atoms with Crippen LogP contribution in [0.1, 0.15) is 16.8 Å². The number of aldehydes is 1. The van der Waals surface area contributed by atoms with Gasteiger partial charge >= 0.3 is 0 Å². The molecule has 1 heterocycles. The molecule has 1 saturated heterocycles. The highest BCUT2D eigenvalue weighted by Crippen LogP contribution is 2.21. The average molecular weight is 479 g/mol. The predicted molar refractivity (Wildman–Crippen MR) is 116 cm³/mol. The summed E-state index contributed by atoms with van der Waals surface area (Å²) in [6, 6.07) is 11.9. The van der Waals surface area contributed by atoms with E-state index in [1.165, 1.54) is 41.3 Å². The lowest BCUT2D eigenvalue weighted by Crippen LogP contribution is -2.53. The lowest BCUT2D eigenvalue weighted by atomic mass is 10.1. The van der Waals surface area contributed by atoms with Gasteiger partial charge in [0.05, 0.1) is 21.3 Å². The van der Waals surface area contributed by atoms with Crippen LogP contribution in [0.5, 0.6) is 0 Å². The number of benzene rings is 2. The second kappa shape index (κ2) is 9.61. The Morgan fingerprint density at radius 2 is 1.53 bits per heavy atom. The van der Waals surface area contributed by atoms with E-state index in [4.69, 9.17) is 0 Å². The monoisotopic (exact) mass is 478 g/mol. The Balaban J connectivity index is 1.72. The van der Waals surface area contributed by atoms with Crippen LogP contribution in [0, 0.1) is 0 Å². The predicted octanol–water partition coefficient (Wildman–Crippen LogP) is 0.464. The number of hydrogen-bond acceptors (Lipinski definition) is 7. The third-order valence-electron chi connectivity index (χ3n) is 5.07. The van der Waals surface area contributed by atoms with Crippen molar-refractivity contribution in [3.8, 4) is 0 Å². The van der Waals surface area contributed by atoms with Crippen molar-refractivity contribution in [1.82, 2.24) is 10.2 Å². The third-order valence-corrected chi connectivity index (χ3v) is 8.47. The van der Waals surface area contributed by atoms with Crippen molar-refractivity contribution < 1.29 is 31.2 Å². The molecule has 1 atom stereocenters. The zero-order valence-electron chi connectivity index (χ0n) is 17.0. The van der Waals surface area contributed by atoms with E-state index in [2.05, 4.69) is 5.32 Å². The first kappa shape index (κ1) is 23.6. The number of nitrogens with one attached hydrogen (secondary N) is 1. The minimum absolute atomic E-state index is 0.00155. The van der Waals surface area contributed by atoms with Crippen LogP contribution < -0.4 is 5.32 Å². The molecule has 32 heavy (non-hydrogen) atoms. The maximum absolute atomic E-state index is 12.7. The first-order chi connectivity index (χ1) is 15.1. The van der Waals surface area contributed by atoms with E-state index in [1.807, 2.05) is 0 Å². The van der Waals surface area contributed by atoms with Crippen LogP contribution in [0.3, 0.4) is 0 Å². The van der Waals surface area contributed by atoms with E-state index in [-0.39, 0.29) is 46.4 Å². The van der Waals surface area contributed by atoms with Gasteiger partial charge in [-0.25, -0.2) is 16.8 Å². The smallest absolute Gasteiger partial charge is 0.251 e. The summed E-state index contributed by atoms with van der Waals surface area (Å²) in [6.45, 7) is -0.00310. The summed E-state index contributed by atoms with van der Waals surface area (Å²) in [5.74, 6) is -1.53. The van der Waals surface area contributed by atoms with Gasteiger partial charge in [0.15, 0.2) is 9.84 Å². The van der Waals surface area contributed by atoms with Gasteiger partial charge in [-0.1, -0.05) is 18.2 Å². The normalized spacial score (nSPS) is 16.7. The fourth-order valence-corrected chi connectivity index (χ4v) is 5.72. The van der Waals surface area contributed by atoms with E-state index in [9.17, 15) is 31.2 Å². The fourth-order valence-electron chi connectivity index (χ4n) is 3.23. The second-order valence-corrected chi connectivity index (χ2v) is 11.5. The Morgan fingerprint density at radius 1 is 0.969 bits per heavy atom. The van der Waals surface area contributed by atoms with Crippen molar-refractivity contribution >= 4 is 37.8 Å². The average Bonchev–Trinajstić information content (AvgIpc) is 2.79. The summed E-state index contributed by atoms with van der Waals surface area (Å²) in [6.07, 6.45) is 0.230. The molecule has 0 unspecified atom stereocenters. The second-order valence-electron chi connectivity index (χ2n) is 7.25. The molecule has 1 N–H and O–H groups in total. The molecule has 9 nitrogen and oxygen atoms in total. The Labute approximate surface area is 186 Å². The lowest BCUT2D eigenvalue weighted by Gasteiger charge is -2.30. The van der Waals surface area contributed by atoms with Crippen molar-refractivity contribution in [2.75, 3.05) is 24.6 Å². The molecule has 2 amide bonds. The summed E-state index contributed by atoms with van der Waals surface area (Å²) in [7, 11) is -6.93. The number of rotatable bonds is 7. The fraction of sp³-hybridized carbons (Fsp3) is 0.286. The van der Waals surface area contributed by atoms with E-state index >= 15 is 0 Å². The molecular weight excluding hydrogens is 456 g/mol. The zero-order chi connectivity index (χ0) is 23.4. The van der Waals surface area contributed by atoms with E-state index in [0.717, 1.165) is 0 Å². The van der Waals surface area contributed by atoms with E-state index < -0.39 is 37.5 Å². The van der Waals surface area contributed by atoms with Gasteiger partial charge in [-0.15, -0.1) is 0 Å². The number of carbonyl (C=O) groups is 3. The maximum Gasteiger partial charge on any atom is 0.251 e. The molecule has 0 bridgehead atoms. The highest BCUT2D eigenvalue weighted by Gasteiger charge is 2.30. The summed E-state index contributed by atoms with van der Waals surface area (Å²) >= 11 is 0. The Bertz CT molecular complexity index is 1190. The van der Waals surface area contributed by atoms with Crippen LogP contribution in [0.4, 0.5) is 0 Å². The van der Waals surface area contributed by atoms with Gasteiger partial charge in [-0.3, -0.25) is 9.59 Å². The Hall–Kier alpha value is -3.05. The van der Waals surface area contributed by atoms with Gasteiger partial charge < -0.3 is 15.0 Å². The molecule has 170 valence electrons. The van der Waals surface area contributed by atoms with Crippen molar-refractivity contribution in [3.05, 3.63) is 60.2 Å². The number of hydrogen-bond donors (Lipinski definition) is 1. The molecule has 2 aromatic carbocycles. The largest absolute Gasteiger partial charge is 0.340 e. The van der Waals surface area contributed by atoms with Gasteiger partial charge in [0, 0.05) is 25.1 Å². The van der Waals surface area contributed by atoms with Crippen LogP contribution in [0.25, 0.3) is 0 Å². The topological polar surface area (TPSA) is 135 Å². The molecule has 2 aromatic rings. The molecule has 0 aliphatic carbocycles. The van der Waals surface area contributed by atoms with Crippen molar-refractivity contribution in [2.45, 2.75) is 22.3 Å². The first-order valence-corrected chi connectivity index (χ1v) is 13.1. The molecule has 1 fully saturated rings. The molecule has 1 aliphatic rings. The standard InChI is InChI=1S/C21H22N2O7S2/c24-13-10-19(21(26)23-11-14-31(27,28)15-12-23)22-20(25)16-6-8-18(9-7-16)32(29,30)17-4-2-1-3-5-17/h1-9,13,19H,10-12,14-15H2,(H,22,25)/t19-/m0/s1. The zero-order valence-corrected chi connectivity index (χ0v) is 18.6. The van der Waals surface area contributed by atoms with Gasteiger partial charge in [-0.2, -0.15) is 0 Å². The van der Waals surface area contributed by atoms with Crippen LogP contribution in [-0.2, 0) is 29.3 Å². The number of sulfone groups is 2. The molecule has 0 spiro atoms. The maximum atomic E-state index is 12.7. The quantitative estimate of drug-likeness (QED) is 0.571. The molecule has 0 saturated carbocycles. The summed E-state index contributed by atoms with van der Waals surface area (Å²) in [4.78, 5) is 37.8. The van der Waals surface area contributed by atoms with Crippen LogP contribution in [-0.4, -0.2) is 70.5 Å². The summed E-state index contributed by atoms with van der Waals surface area (Å²) in [5, 5.41) is 2.48. The third kappa shape index (κ3) is 5.40. The molecule has 1 aliphatic heterocycles. The Morgan fingerprint density at radius 3 is 2.09 bits per heavy atom. The lowest BCUT2D eigenvalue weighted by molar-refractivity contribution is -0.134. The van der Waals surface area contributed by atoms with Gasteiger partial charge in [-0.05, 0) is 36.4 Å². The minimum Gasteiger partial charge on any atom is -0.340 e. The van der Waals surface area contributed by atoms with E-state index in [1.54, 1.807) is 18.2 Å². The molecule has 11 heteroatoms. The number of amides is 2. The Kier molecular flexibility index (Phi) is 7.09. The molecular formula is C21H22N2O7S2. The van der Waals surface area contributed by atoms with Crippen LogP contribution >= 0.6 is 0 Å². The van der Waals surface area contributed by atoms with Crippen molar-refractivity contribution in [1.29, 1.82) is 0 Å². The molecule has 0 radical (unpaired) electrons. The minimum atomic E-state index is -3.74. The summed E-state index contributed by atoms with van der Waals surface area (Å²) < 4.78 is 48.4. The van der Waals surface area contributed by atoms with E-state index in [0.29, 0.717) is 6.29 Å². The first-order valence-electron chi connectivity index (χ1n) is 9.78. The highest BCUT2D eigenvalue weighted by atomic mass is 32.2. The van der Waals surface area contributed by atoms with Gasteiger partial charge in [0.1, 0.15) is 12.3 Å². The van der Waals surface area contributed by atoms with Gasteiger partial charge in [0.25, 0.3) is 5.91 Å². The van der Waals surface area contributed by atoms with Crippen LogP contribution in [0.2, 0.25) is 0 Å². The van der Waals surface area contributed by atoms with Crippen LogP contribution in [0.15, 0.2) is 64.4 Å². The van der Waals surface area contributed by atoms with Crippen molar-refractivity contribution in [3.63, 3.8) is 0 Å².